The maximum atomic E-state index is 13.1. The molecule has 0 amide bonds. The molecular formula is C16H16FN5S. The first-order valence-electron chi connectivity index (χ1n) is 7.44. The first kappa shape index (κ1) is 14.4. The minimum absolute atomic E-state index is 0.162. The Balaban J connectivity index is 1.72. The van der Waals surface area contributed by atoms with Crippen molar-refractivity contribution < 1.29 is 4.39 Å². The normalized spacial score (nSPS) is 26.7. The van der Waals surface area contributed by atoms with Gasteiger partial charge in [-0.2, -0.15) is 0 Å². The van der Waals surface area contributed by atoms with E-state index in [4.69, 9.17) is 5.73 Å². The first-order valence-corrected chi connectivity index (χ1v) is 8.26. The van der Waals surface area contributed by atoms with Gasteiger partial charge in [0.15, 0.2) is 11.0 Å². The van der Waals surface area contributed by atoms with Crippen LogP contribution in [0.5, 0.6) is 0 Å². The molecule has 0 radical (unpaired) electrons. The van der Waals surface area contributed by atoms with Crippen LogP contribution in [0.1, 0.15) is 5.56 Å². The second-order valence-electron chi connectivity index (χ2n) is 5.82. The molecule has 0 spiro atoms. The van der Waals surface area contributed by atoms with Gasteiger partial charge in [-0.25, -0.2) is 14.4 Å². The molecule has 2 N–H and O–H groups in total. The van der Waals surface area contributed by atoms with Crippen molar-refractivity contribution in [3.05, 3.63) is 54.1 Å². The number of anilines is 1. The zero-order chi connectivity index (χ0) is 15.9. The van der Waals surface area contributed by atoms with E-state index in [0.29, 0.717) is 23.6 Å². The highest BCUT2D eigenvalue weighted by atomic mass is 32.2. The summed E-state index contributed by atoms with van der Waals surface area (Å²) in [5, 5.41) is 0.618. The Kier molecular flexibility index (Phi) is 3.45. The number of amidine groups is 1. The summed E-state index contributed by atoms with van der Waals surface area (Å²) in [6.45, 7) is 2.20. The van der Waals surface area contributed by atoms with Crippen LogP contribution in [-0.2, 0) is 4.75 Å². The minimum atomic E-state index is -0.426. The van der Waals surface area contributed by atoms with Gasteiger partial charge in [0.25, 0.3) is 0 Å². The van der Waals surface area contributed by atoms with Crippen LogP contribution < -0.4 is 10.6 Å². The van der Waals surface area contributed by atoms with Crippen LogP contribution in [0.4, 0.5) is 10.3 Å². The second kappa shape index (κ2) is 5.49. The average molecular weight is 329 g/mol. The van der Waals surface area contributed by atoms with E-state index in [9.17, 15) is 4.39 Å². The lowest BCUT2D eigenvalue weighted by Crippen LogP contribution is -2.39. The summed E-state index contributed by atoms with van der Waals surface area (Å²) < 4.78 is 12.9. The summed E-state index contributed by atoms with van der Waals surface area (Å²) in [6.07, 6.45) is 2.41. The summed E-state index contributed by atoms with van der Waals surface area (Å²) in [6, 6.07) is 10.4. The summed E-state index contributed by atoms with van der Waals surface area (Å²) >= 11 is 1.62. The lowest BCUT2D eigenvalue weighted by molar-refractivity contribution is 0.487. The Hall–Kier alpha value is -2.15. The Morgan fingerprint density at radius 1 is 1.22 bits per heavy atom. The third-order valence-corrected chi connectivity index (χ3v) is 5.83. The Morgan fingerprint density at radius 3 is 2.70 bits per heavy atom. The van der Waals surface area contributed by atoms with Gasteiger partial charge in [0.05, 0.1) is 17.1 Å². The van der Waals surface area contributed by atoms with Crippen LogP contribution in [0.15, 0.2) is 47.7 Å². The van der Waals surface area contributed by atoms with Crippen molar-refractivity contribution in [2.45, 2.75) is 4.75 Å². The van der Waals surface area contributed by atoms with E-state index in [1.165, 1.54) is 18.0 Å². The number of hydrogen-bond donors (Lipinski definition) is 1. The number of rotatable bonds is 2. The van der Waals surface area contributed by atoms with Crippen molar-refractivity contribution in [3.63, 3.8) is 0 Å². The van der Waals surface area contributed by atoms with Gasteiger partial charge in [-0.1, -0.05) is 42.1 Å². The van der Waals surface area contributed by atoms with Gasteiger partial charge in [-0.3, -0.25) is 4.99 Å². The van der Waals surface area contributed by atoms with Crippen molar-refractivity contribution in [2.24, 2.45) is 16.6 Å². The first-order chi connectivity index (χ1) is 11.2. The molecule has 1 fully saturated rings. The molecular weight excluding hydrogens is 313 g/mol. The van der Waals surface area contributed by atoms with E-state index < -0.39 is 5.82 Å². The van der Waals surface area contributed by atoms with Crippen molar-refractivity contribution in [1.29, 1.82) is 0 Å². The number of nitrogens with zero attached hydrogens (tertiary/aromatic N) is 4. The largest absolute Gasteiger partial charge is 0.379 e. The lowest BCUT2D eigenvalue weighted by atomic mass is 9.87. The minimum Gasteiger partial charge on any atom is -0.379 e. The highest BCUT2D eigenvalue weighted by Crippen LogP contribution is 2.50. The third kappa shape index (κ3) is 2.45. The predicted molar refractivity (Wildman–Crippen MR) is 89.9 cm³/mol. The summed E-state index contributed by atoms with van der Waals surface area (Å²) in [5.74, 6) is 0.441. The van der Waals surface area contributed by atoms with E-state index in [0.717, 1.165) is 13.1 Å². The standard InChI is InChI=1S/C16H16FN5S/c17-13-7-20-15(21-8-13)22-9-12-6-19-14(18)23-16(12,10-22)11-4-2-1-3-5-11/h1-5,7-8,12H,6,9-10H2,(H2,18,19)/t12-,16+/m0/s1. The number of aromatic nitrogens is 2. The molecule has 2 atom stereocenters. The van der Waals surface area contributed by atoms with E-state index in [1.54, 1.807) is 11.8 Å². The summed E-state index contributed by atoms with van der Waals surface area (Å²) in [7, 11) is 0. The maximum Gasteiger partial charge on any atom is 0.225 e. The predicted octanol–water partition coefficient (Wildman–Crippen LogP) is 2.01. The van der Waals surface area contributed by atoms with Crippen LogP contribution in [0.2, 0.25) is 0 Å². The van der Waals surface area contributed by atoms with E-state index >= 15 is 0 Å². The molecule has 2 aliphatic rings. The molecule has 2 aromatic rings. The molecule has 1 aromatic heterocycles. The van der Waals surface area contributed by atoms with Crippen LogP contribution >= 0.6 is 11.8 Å². The fraction of sp³-hybridized carbons (Fsp3) is 0.312. The number of thioether (sulfide) groups is 1. The zero-order valence-corrected chi connectivity index (χ0v) is 13.2. The monoisotopic (exact) mass is 329 g/mol. The molecule has 4 rings (SSSR count). The van der Waals surface area contributed by atoms with E-state index in [1.807, 2.05) is 18.2 Å². The number of halogens is 1. The number of benzene rings is 1. The fourth-order valence-corrected chi connectivity index (χ4v) is 4.66. The van der Waals surface area contributed by atoms with Crippen molar-refractivity contribution in [3.8, 4) is 0 Å². The smallest absolute Gasteiger partial charge is 0.225 e. The SMILES string of the molecule is NC1=NC[C@H]2CN(c3ncc(F)cn3)C[C@]2(c2ccccc2)S1. The second-order valence-corrected chi connectivity index (χ2v) is 7.17. The van der Waals surface area contributed by atoms with E-state index in [2.05, 4.69) is 32.0 Å². The van der Waals surface area contributed by atoms with Crippen LogP contribution in [0, 0.1) is 11.7 Å². The van der Waals surface area contributed by atoms with Crippen molar-refractivity contribution >= 4 is 22.9 Å². The fourth-order valence-electron chi connectivity index (χ4n) is 3.36. The maximum absolute atomic E-state index is 13.1. The molecule has 5 nitrogen and oxygen atoms in total. The van der Waals surface area contributed by atoms with Crippen molar-refractivity contribution in [2.75, 3.05) is 24.5 Å². The van der Waals surface area contributed by atoms with Crippen LogP contribution in [0.3, 0.4) is 0 Å². The molecule has 3 heterocycles. The quantitative estimate of drug-likeness (QED) is 0.913. The topological polar surface area (TPSA) is 67.4 Å². The Morgan fingerprint density at radius 2 is 1.96 bits per heavy atom. The number of hydrogen-bond acceptors (Lipinski definition) is 6. The van der Waals surface area contributed by atoms with Gasteiger partial charge >= 0.3 is 0 Å². The molecule has 23 heavy (non-hydrogen) atoms. The van der Waals surface area contributed by atoms with E-state index in [-0.39, 0.29) is 4.75 Å². The van der Waals surface area contributed by atoms with Gasteiger partial charge in [-0.05, 0) is 5.56 Å². The average Bonchev–Trinajstić information content (AvgIpc) is 2.96. The molecule has 2 aliphatic heterocycles. The number of nitrogens with two attached hydrogens (primary N) is 1. The van der Waals surface area contributed by atoms with Gasteiger partial charge in [0.1, 0.15) is 0 Å². The van der Waals surface area contributed by atoms with Gasteiger partial charge < -0.3 is 10.6 Å². The molecule has 1 saturated heterocycles. The molecule has 7 heteroatoms. The molecule has 0 bridgehead atoms. The molecule has 0 unspecified atom stereocenters. The van der Waals surface area contributed by atoms with Crippen LogP contribution in [-0.4, -0.2) is 34.8 Å². The highest BCUT2D eigenvalue weighted by Gasteiger charge is 2.51. The van der Waals surface area contributed by atoms with Gasteiger partial charge in [-0.15, -0.1) is 0 Å². The van der Waals surface area contributed by atoms with Crippen molar-refractivity contribution in [1.82, 2.24) is 9.97 Å². The third-order valence-electron chi connectivity index (χ3n) is 4.43. The van der Waals surface area contributed by atoms with Crippen LogP contribution in [0.25, 0.3) is 0 Å². The molecule has 0 saturated carbocycles. The lowest BCUT2D eigenvalue weighted by Gasteiger charge is -2.36. The zero-order valence-electron chi connectivity index (χ0n) is 12.4. The van der Waals surface area contributed by atoms with Gasteiger partial charge in [0.2, 0.25) is 5.95 Å². The Labute approximate surface area is 137 Å². The molecule has 0 aliphatic carbocycles. The molecule has 1 aromatic carbocycles. The number of fused-ring (bicyclic) bond motifs is 1. The highest BCUT2D eigenvalue weighted by molar-refractivity contribution is 8.14. The summed E-state index contributed by atoms with van der Waals surface area (Å²) in [4.78, 5) is 14.8. The number of aliphatic imine (C=N–C) groups is 1. The summed E-state index contributed by atoms with van der Waals surface area (Å²) in [5.41, 5.74) is 7.26. The Bertz CT molecular complexity index is 736. The molecule has 118 valence electrons. The van der Waals surface area contributed by atoms with Gasteiger partial charge in [0, 0.05) is 25.6 Å².